The normalized spacial score (nSPS) is 9.38. The molecule has 0 unspecified atom stereocenters. The first-order chi connectivity index (χ1) is 6.13. The third kappa shape index (κ3) is 2.33. The second-order valence-electron chi connectivity index (χ2n) is 2.37. The van der Waals surface area contributed by atoms with Gasteiger partial charge in [-0.05, 0) is 12.1 Å². The molecule has 0 saturated carbocycles. The van der Waals surface area contributed by atoms with E-state index < -0.39 is 17.6 Å². The molecule has 1 rings (SSSR count). The highest BCUT2D eigenvalue weighted by atomic mass is 19.1. The Kier molecular flexibility index (Phi) is 2.69. The summed E-state index contributed by atoms with van der Waals surface area (Å²) in [6, 6.07) is 3.16. The van der Waals surface area contributed by atoms with E-state index >= 15 is 0 Å². The highest BCUT2D eigenvalue weighted by Crippen LogP contribution is 2.18. The topological polar surface area (TPSA) is 61.4 Å². The van der Waals surface area contributed by atoms with E-state index in [-0.39, 0.29) is 5.69 Å². The highest BCUT2D eigenvalue weighted by molar-refractivity contribution is 5.88. The Morgan fingerprint density at radius 3 is 2.77 bits per heavy atom. The second kappa shape index (κ2) is 3.75. The van der Waals surface area contributed by atoms with E-state index in [9.17, 15) is 9.18 Å². The maximum absolute atomic E-state index is 12.7. The smallest absolute Gasteiger partial charge is 0.318 e. The van der Waals surface area contributed by atoms with Crippen LogP contribution in [0, 0.1) is 5.82 Å². The molecule has 5 heteroatoms. The Morgan fingerprint density at radius 1 is 1.54 bits per heavy atom. The van der Waals surface area contributed by atoms with Gasteiger partial charge in [-0.2, -0.15) is 0 Å². The number of benzene rings is 1. The third-order valence-electron chi connectivity index (χ3n) is 1.43. The van der Waals surface area contributed by atoms with Crippen LogP contribution in [0.15, 0.2) is 18.2 Å². The molecule has 0 aliphatic heterocycles. The standard InChI is InChI=1S/C8H9FN2O2/c1-10-8(13)11-5-2-3-7(12)6(9)4-5/h2-4,12H,1H3,(H2,10,11,13). The largest absolute Gasteiger partial charge is 0.505 e. The van der Waals surface area contributed by atoms with Crippen molar-refractivity contribution in [3.63, 3.8) is 0 Å². The molecule has 0 bridgehead atoms. The molecule has 3 N–H and O–H groups in total. The number of aromatic hydroxyl groups is 1. The number of phenolic OH excluding ortho intramolecular Hbond substituents is 1. The molecule has 13 heavy (non-hydrogen) atoms. The molecule has 1 aromatic carbocycles. The summed E-state index contributed by atoms with van der Waals surface area (Å²) < 4.78 is 12.7. The number of carbonyl (C=O) groups is 1. The van der Waals surface area contributed by atoms with Crippen LogP contribution in [0.1, 0.15) is 0 Å². The fourth-order valence-corrected chi connectivity index (χ4v) is 0.778. The molecular formula is C8H9FN2O2. The van der Waals surface area contributed by atoms with E-state index in [0.717, 1.165) is 6.07 Å². The van der Waals surface area contributed by atoms with E-state index in [1.807, 2.05) is 0 Å². The minimum Gasteiger partial charge on any atom is -0.505 e. The Labute approximate surface area is 74.4 Å². The molecule has 0 atom stereocenters. The third-order valence-corrected chi connectivity index (χ3v) is 1.43. The first-order valence-electron chi connectivity index (χ1n) is 3.60. The number of carbonyl (C=O) groups excluding carboxylic acids is 1. The van der Waals surface area contributed by atoms with Crippen molar-refractivity contribution in [1.82, 2.24) is 5.32 Å². The molecule has 70 valence electrons. The van der Waals surface area contributed by atoms with Crippen molar-refractivity contribution in [3.8, 4) is 5.75 Å². The van der Waals surface area contributed by atoms with Crippen LogP contribution in [0.25, 0.3) is 0 Å². The van der Waals surface area contributed by atoms with Gasteiger partial charge in [-0.1, -0.05) is 0 Å². The lowest BCUT2D eigenvalue weighted by Crippen LogP contribution is -2.24. The van der Waals surface area contributed by atoms with Gasteiger partial charge in [-0.3, -0.25) is 0 Å². The summed E-state index contributed by atoms with van der Waals surface area (Å²) in [6.07, 6.45) is 0. The van der Waals surface area contributed by atoms with Crippen LogP contribution in [0.5, 0.6) is 5.75 Å². The lowest BCUT2D eigenvalue weighted by Gasteiger charge is -2.04. The van der Waals surface area contributed by atoms with Gasteiger partial charge in [0.2, 0.25) is 0 Å². The molecule has 1 aromatic rings. The summed E-state index contributed by atoms with van der Waals surface area (Å²) in [5.41, 5.74) is 0.287. The van der Waals surface area contributed by atoms with E-state index in [0.29, 0.717) is 0 Å². The van der Waals surface area contributed by atoms with Crippen LogP contribution >= 0.6 is 0 Å². The van der Waals surface area contributed by atoms with Crippen molar-refractivity contribution in [2.24, 2.45) is 0 Å². The number of halogens is 1. The van der Waals surface area contributed by atoms with Crippen molar-refractivity contribution in [1.29, 1.82) is 0 Å². The second-order valence-corrected chi connectivity index (χ2v) is 2.37. The first kappa shape index (κ1) is 9.31. The van der Waals surface area contributed by atoms with Crippen molar-refractivity contribution in [2.45, 2.75) is 0 Å². The summed E-state index contributed by atoms with van der Waals surface area (Å²) in [7, 11) is 1.45. The number of hydrogen-bond donors (Lipinski definition) is 3. The fraction of sp³-hybridized carbons (Fsp3) is 0.125. The number of urea groups is 1. The van der Waals surface area contributed by atoms with Gasteiger partial charge in [0.1, 0.15) is 0 Å². The van der Waals surface area contributed by atoms with Crippen LogP contribution in [0.2, 0.25) is 0 Å². The quantitative estimate of drug-likeness (QED) is 0.576. The average molecular weight is 184 g/mol. The lowest BCUT2D eigenvalue weighted by molar-refractivity contribution is 0.254. The molecule has 0 aliphatic rings. The van der Waals surface area contributed by atoms with E-state index in [1.54, 1.807) is 0 Å². The number of amides is 2. The Morgan fingerprint density at radius 2 is 2.23 bits per heavy atom. The molecular weight excluding hydrogens is 175 g/mol. The Bertz CT molecular complexity index is 328. The van der Waals surface area contributed by atoms with Crippen molar-refractivity contribution in [3.05, 3.63) is 24.0 Å². The van der Waals surface area contributed by atoms with Crippen LogP contribution in [-0.2, 0) is 0 Å². The highest BCUT2D eigenvalue weighted by Gasteiger charge is 2.03. The van der Waals surface area contributed by atoms with E-state index in [2.05, 4.69) is 10.6 Å². The zero-order chi connectivity index (χ0) is 9.84. The molecule has 0 saturated heterocycles. The zero-order valence-corrected chi connectivity index (χ0v) is 6.97. The maximum atomic E-state index is 12.7. The molecule has 0 radical (unpaired) electrons. The van der Waals surface area contributed by atoms with Crippen LogP contribution < -0.4 is 10.6 Å². The lowest BCUT2D eigenvalue weighted by atomic mass is 10.3. The van der Waals surface area contributed by atoms with Crippen LogP contribution in [-0.4, -0.2) is 18.2 Å². The average Bonchev–Trinajstić information content (AvgIpc) is 2.11. The number of phenols is 1. The molecule has 0 spiro atoms. The van der Waals surface area contributed by atoms with Crippen LogP contribution in [0.4, 0.5) is 14.9 Å². The van der Waals surface area contributed by atoms with E-state index in [4.69, 9.17) is 5.11 Å². The van der Waals surface area contributed by atoms with Gasteiger partial charge >= 0.3 is 6.03 Å². The predicted molar refractivity (Wildman–Crippen MR) is 46.1 cm³/mol. The van der Waals surface area contributed by atoms with Gasteiger partial charge in [0.15, 0.2) is 11.6 Å². The summed E-state index contributed by atoms with van der Waals surface area (Å²) >= 11 is 0. The number of nitrogens with one attached hydrogen (secondary N) is 2. The summed E-state index contributed by atoms with van der Waals surface area (Å²) in [4.78, 5) is 10.8. The summed E-state index contributed by atoms with van der Waals surface area (Å²) in [5.74, 6) is -1.21. The van der Waals surface area contributed by atoms with Gasteiger partial charge in [0.05, 0.1) is 0 Å². The number of rotatable bonds is 1. The van der Waals surface area contributed by atoms with Gasteiger partial charge in [-0.25, -0.2) is 9.18 Å². The summed E-state index contributed by atoms with van der Waals surface area (Å²) in [5, 5.41) is 13.5. The van der Waals surface area contributed by atoms with E-state index in [1.165, 1.54) is 19.2 Å². The van der Waals surface area contributed by atoms with Crippen molar-refractivity contribution in [2.75, 3.05) is 12.4 Å². The zero-order valence-electron chi connectivity index (χ0n) is 6.97. The number of hydrogen-bond acceptors (Lipinski definition) is 2. The summed E-state index contributed by atoms with van der Waals surface area (Å²) in [6.45, 7) is 0. The molecule has 4 nitrogen and oxygen atoms in total. The van der Waals surface area contributed by atoms with Crippen LogP contribution in [0.3, 0.4) is 0 Å². The van der Waals surface area contributed by atoms with Gasteiger partial charge < -0.3 is 15.7 Å². The monoisotopic (exact) mass is 184 g/mol. The Hall–Kier alpha value is -1.78. The van der Waals surface area contributed by atoms with Gasteiger partial charge in [-0.15, -0.1) is 0 Å². The van der Waals surface area contributed by atoms with Gasteiger partial charge in [0.25, 0.3) is 0 Å². The van der Waals surface area contributed by atoms with Gasteiger partial charge in [0, 0.05) is 18.8 Å². The fourth-order valence-electron chi connectivity index (χ4n) is 0.778. The molecule has 0 heterocycles. The number of anilines is 1. The molecule has 0 fully saturated rings. The Balaban J connectivity index is 2.79. The minimum atomic E-state index is -0.770. The first-order valence-corrected chi connectivity index (χ1v) is 3.60. The molecule has 0 aliphatic carbocycles. The minimum absolute atomic E-state index is 0.287. The van der Waals surface area contributed by atoms with Crippen molar-refractivity contribution >= 4 is 11.7 Å². The molecule has 0 aromatic heterocycles. The molecule has 2 amide bonds. The van der Waals surface area contributed by atoms with Crippen molar-refractivity contribution < 1.29 is 14.3 Å². The predicted octanol–water partition coefficient (Wildman–Crippen LogP) is 1.28. The SMILES string of the molecule is CNC(=O)Nc1ccc(O)c(F)c1. The maximum Gasteiger partial charge on any atom is 0.318 e.